The quantitative estimate of drug-likeness (QED) is 0.643. The molecule has 0 amide bonds. The van der Waals surface area contributed by atoms with Crippen molar-refractivity contribution in [1.82, 2.24) is 5.32 Å². The fourth-order valence-corrected chi connectivity index (χ4v) is 1.52. The van der Waals surface area contributed by atoms with E-state index in [2.05, 4.69) is 11.4 Å². The summed E-state index contributed by atoms with van der Waals surface area (Å²) >= 11 is 0. The van der Waals surface area contributed by atoms with Gasteiger partial charge in [0.05, 0.1) is 12.1 Å². The van der Waals surface area contributed by atoms with Gasteiger partial charge < -0.3 is 10.4 Å². The average molecular weight is 212 g/mol. The lowest BCUT2D eigenvalue weighted by Crippen LogP contribution is -2.32. The summed E-state index contributed by atoms with van der Waals surface area (Å²) in [5.74, 6) is -0.629. The smallest absolute Gasteiger partial charge is 0.303 e. The molecule has 0 saturated carbocycles. The van der Waals surface area contributed by atoms with Crippen molar-refractivity contribution in [2.75, 3.05) is 6.54 Å². The molecule has 0 rings (SSSR count). The van der Waals surface area contributed by atoms with Crippen LogP contribution in [0.2, 0.25) is 0 Å². The second-order valence-electron chi connectivity index (χ2n) is 3.75. The van der Waals surface area contributed by atoms with Gasteiger partial charge in [-0.1, -0.05) is 20.3 Å². The molecule has 0 aromatic carbocycles. The van der Waals surface area contributed by atoms with Crippen LogP contribution in [-0.4, -0.2) is 23.7 Å². The molecule has 15 heavy (non-hydrogen) atoms. The van der Waals surface area contributed by atoms with E-state index in [1.807, 2.05) is 13.8 Å². The minimum absolute atomic E-state index is 0.134. The summed E-state index contributed by atoms with van der Waals surface area (Å²) in [5.41, 5.74) is 0. The van der Waals surface area contributed by atoms with Crippen molar-refractivity contribution in [2.24, 2.45) is 5.92 Å². The van der Waals surface area contributed by atoms with Crippen molar-refractivity contribution in [1.29, 1.82) is 5.26 Å². The van der Waals surface area contributed by atoms with E-state index in [1.54, 1.807) is 0 Å². The largest absolute Gasteiger partial charge is 0.481 e. The molecule has 4 nitrogen and oxygen atoms in total. The number of hydrogen-bond acceptors (Lipinski definition) is 3. The van der Waals surface area contributed by atoms with Crippen LogP contribution in [-0.2, 0) is 4.79 Å². The van der Waals surface area contributed by atoms with Gasteiger partial charge in [0.2, 0.25) is 0 Å². The van der Waals surface area contributed by atoms with Crippen molar-refractivity contribution < 1.29 is 9.90 Å². The molecule has 86 valence electrons. The van der Waals surface area contributed by atoms with Gasteiger partial charge in [0.25, 0.3) is 0 Å². The zero-order chi connectivity index (χ0) is 11.7. The SMILES string of the molecule is CCC[C@@H](CNC(C#N)CC)CC(=O)O. The molecule has 0 fully saturated rings. The Morgan fingerprint density at radius 1 is 1.53 bits per heavy atom. The number of nitrogens with one attached hydrogen (secondary N) is 1. The Hall–Kier alpha value is -1.08. The van der Waals surface area contributed by atoms with Crippen molar-refractivity contribution >= 4 is 5.97 Å². The summed E-state index contributed by atoms with van der Waals surface area (Å²) in [6.07, 6.45) is 2.80. The van der Waals surface area contributed by atoms with Crippen LogP contribution in [0.5, 0.6) is 0 Å². The summed E-state index contributed by atoms with van der Waals surface area (Å²) in [6, 6.07) is 1.99. The highest BCUT2D eigenvalue weighted by Crippen LogP contribution is 2.10. The number of nitriles is 1. The third-order valence-corrected chi connectivity index (χ3v) is 2.38. The zero-order valence-electron chi connectivity index (χ0n) is 9.49. The third-order valence-electron chi connectivity index (χ3n) is 2.38. The molecule has 0 spiro atoms. The lowest BCUT2D eigenvalue weighted by atomic mass is 9.99. The molecular weight excluding hydrogens is 192 g/mol. The lowest BCUT2D eigenvalue weighted by molar-refractivity contribution is -0.138. The predicted molar refractivity (Wildman–Crippen MR) is 58.3 cm³/mol. The fourth-order valence-electron chi connectivity index (χ4n) is 1.52. The Balaban J connectivity index is 3.94. The molecule has 0 saturated heterocycles. The van der Waals surface area contributed by atoms with Gasteiger partial charge in [0.1, 0.15) is 0 Å². The van der Waals surface area contributed by atoms with E-state index in [0.717, 1.165) is 19.3 Å². The first-order valence-corrected chi connectivity index (χ1v) is 5.48. The summed E-state index contributed by atoms with van der Waals surface area (Å²) < 4.78 is 0. The maximum Gasteiger partial charge on any atom is 0.303 e. The highest BCUT2D eigenvalue weighted by Gasteiger charge is 2.13. The van der Waals surface area contributed by atoms with Crippen LogP contribution in [0.1, 0.15) is 39.5 Å². The average Bonchev–Trinajstić information content (AvgIpc) is 2.18. The molecule has 0 aliphatic carbocycles. The van der Waals surface area contributed by atoms with E-state index < -0.39 is 5.97 Å². The van der Waals surface area contributed by atoms with E-state index in [9.17, 15) is 4.79 Å². The molecule has 4 heteroatoms. The van der Waals surface area contributed by atoms with Crippen molar-refractivity contribution in [3.63, 3.8) is 0 Å². The summed E-state index contributed by atoms with van der Waals surface area (Å²) in [5, 5.41) is 20.5. The van der Waals surface area contributed by atoms with Crippen molar-refractivity contribution in [3.05, 3.63) is 0 Å². The van der Waals surface area contributed by atoms with Crippen LogP contribution in [0, 0.1) is 17.2 Å². The first-order chi connectivity index (χ1) is 7.13. The van der Waals surface area contributed by atoms with Crippen LogP contribution < -0.4 is 5.32 Å². The molecule has 0 aliphatic rings. The molecule has 0 aromatic heterocycles. The second kappa shape index (κ2) is 8.25. The van der Waals surface area contributed by atoms with Crippen molar-refractivity contribution in [3.8, 4) is 6.07 Å². The molecular formula is C11H20N2O2. The second-order valence-corrected chi connectivity index (χ2v) is 3.75. The maximum absolute atomic E-state index is 10.6. The summed E-state index contributed by atoms with van der Waals surface area (Å²) in [7, 11) is 0. The molecule has 0 aliphatic heterocycles. The summed E-state index contributed by atoms with van der Waals surface area (Å²) in [4.78, 5) is 10.6. The minimum Gasteiger partial charge on any atom is -0.481 e. The van der Waals surface area contributed by atoms with E-state index >= 15 is 0 Å². The molecule has 1 unspecified atom stereocenters. The molecule has 0 heterocycles. The number of carboxylic acid groups (broad SMARTS) is 1. The molecule has 0 bridgehead atoms. The van der Waals surface area contributed by atoms with E-state index in [1.165, 1.54) is 0 Å². The standard InChI is InChI=1S/C11H20N2O2/c1-3-5-9(6-11(14)15)8-13-10(4-2)7-12/h9-10,13H,3-6,8H2,1-2H3,(H,14,15)/t9-,10?/m1/s1. The van der Waals surface area contributed by atoms with Crippen LogP contribution >= 0.6 is 0 Å². The number of rotatable bonds is 8. The Kier molecular flexibility index (Phi) is 7.65. The number of aliphatic carboxylic acids is 1. The summed E-state index contributed by atoms with van der Waals surface area (Å²) in [6.45, 7) is 4.59. The normalized spacial score (nSPS) is 14.2. The van der Waals surface area contributed by atoms with Gasteiger partial charge in [-0.25, -0.2) is 0 Å². The first-order valence-electron chi connectivity index (χ1n) is 5.48. The molecule has 2 atom stereocenters. The van der Waals surface area contributed by atoms with Crippen molar-refractivity contribution in [2.45, 2.75) is 45.6 Å². The number of carbonyl (C=O) groups is 1. The van der Waals surface area contributed by atoms with Gasteiger partial charge in [-0.3, -0.25) is 4.79 Å². The third kappa shape index (κ3) is 6.92. The minimum atomic E-state index is -0.764. The van der Waals surface area contributed by atoms with Crippen LogP contribution in [0.25, 0.3) is 0 Å². The van der Waals surface area contributed by atoms with Crippen LogP contribution in [0.3, 0.4) is 0 Å². The van der Waals surface area contributed by atoms with Gasteiger partial charge >= 0.3 is 5.97 Å². The Labute approximate surface area is 91.3 Å². The number of nitrogens with zero attached hydrogens (tertiary/aromatic N) is 1. The number of carboxylic acids is 1. The van der Waals surface area contributed by atoms with E-state index in [0.29, 0.717) is 6.54 Å². The van der Waals surface area contributed by atoms with Gasteiger partial charge in [-0.15, -0.1) is 0 Å². The number of hydrogen-bond donors (Lipinski definition) is 2. The molecule has 0 aromatic rings. The lowest BCUT2D eigenvalue weighted by Gasteiger charge is -2.16. The van der Waals surface area contributed by atoms with Gasteiger partial charge in [0.15, 0.2) is 0 Å². The maximum atomic E-state index is 10.6. The van der Waals surface area contributed by atoms with Gasteiger partial charge in [-0.05, 0) is 25.3 Å². The van der Waals surface area contributed by atoms with Gasteiger partial charge in [-0.2, -0.15) is 5.26 Å². The van der Waals surface area contributed by atoms with E-state index in [4.69, 9.17) is 10.4 Å². The Morgan fingerprint density at radius 3 is 2.60 bits per heavy atom. The van der Waals surface area contributed by atoms with E-state index in [-0.39, 0.29) is 18.4 Å². The topological polar surface area (TPSA) is 73.1 Å². The highest BCUT2D eigenvalue weighted by atomic mass is 16.4. The first kappa shape index (κ1) is 13.9. The predicted octanol–water partition coefficient (Wildman–Crippen LogP) is 1.77. The van der Waals surface area contributed by atoms with Crippen LogP contribution in [0.4, 0.5) is 0 Å². The highest BCUT2D eigenvalue weighted by molar-refractivity contribution is 5.67. The molecule has 0 radical (unpaired) electrons. The monoisotopic (exact) mass is 212 g/mol. The zero-order valence-corrected chi connectivity index (χ0v) is 9.49. The van der Waals surface area contributed by atoms with Gasteiger partial charge in [0, 0.05) is 6.42 Å². The Bertz CT molecular complexity index is 223. The van der Waals surface area contributed by atoms with Crippen LogP contribution in [0.15, 0.2) is 0 Å². The Morgan fingerprint density at radius 2 is 2.20 bits per heavy atom. The molecule has 2 N–H and O–H groups in total. The fraction of sp³-hybridized carbons (Fsp3) is 0.818.